The molecule has 0 aliphatic rings. The van der Waals surface area contributed by atoms with E-state index in [0.29, 0.717) is 30.4 Å². The van der Waals surface area contributed by atoms with E-state index in [4.69, 9.17) is 14.5 Å². The van der Waals surface area contributed by atoms with Crippen LogP contribution in [0.5, 0.6) is 11.5 Å². The van der Waals surface area contributed by atoms with Gasteiger partial charge in [-0.05, 0) is 80.0 Å². The number of nitrogens with one attached hydrogen (secondary N) is 1. The fraction of sp³-hybridized carbons (Fsp3) is 0.412. The third kappa shape index (κ3) is 7.65. The lowest BCUT2D eigenvalue weighted by Crippen LogP contribution is -2.24. The minimum atomic E-state index is -0.0916. The summed E-state index contributed by atoms with van der Waals surface area (Å²) in [5, 5.41) is 3.02. The van der Waals surface area contributed by atoms with E-state index in [0.717, 1.165) is 62.2 Å². The molecule has 6 nitrogen and oxygen atoms in total. The van der Waals surface area contributed by atoms with Crippen LogP contribution in [0.4, 0.5) is 0 Å². The molecule has 0 aliphatic heterocycles. The highest BCUT2D eigenvalue weighted by Crippen LogP contribution is 2.28. The number of imidazole rings is 1. The van der Waals surface area contributed by atoms with Crippen molar-refractivity contribution in [2.75, 3.05) is 20.3 Å². The van der Waals surface area contributed by atoms with Crippen LogP contribution in [0, 0.1) is 6.92 Å². The number of ether oxygens (including phenoxy) is 2. The molecule has 1 amide bonds. The molecule has 4 rings (SSSR count). The molecule has 0 bridgehead atoms. The van der Waals surface area contributed by atoms with Crippen LogP contribution in [-0.4, -0.2) is 35.7 Å². The first kappa shape index (κ1) is 29.2. The van der Waals surface area contributed by atoms with Gasteiger partial charge >= 0.3 is 0 Å². The van der Waals surface area contributed by atoms with Crippen molar-refractivity contribution in [2.45, 2.75) is 71.8 Å². The van der Waals surface area contributed by atoms with E-state index in [2.05, 4.69) is 73.1 Å². The number of hydrogen-bond acceptors (Lipinski definition) is 4. The molecule has 0 aliphatic carbocycles. The Morgan fingerprint density at radius 3 is 2.55 bits per heavy atom. The molecule has 0 saturated carbocycles. The van der Waals surface area contributed by atoms with Gasteiger partial charge in [-0.15, -0.1) is 0 Å². The second kappa shape index (κ2) is 14.5. The highest BCUT2D eigenvalue weighted by molar-refractivity contribution is 5.96. The Kier molecular flexibility index (Phi) is 10.6. The first-order chi connectivity index (χ1) is 19.5. The highest BCUT2D eigenvalue weighted by Gasteiger charge is 2.12. The summed E-state index contributed by atoms with van der Waals surface area (Å²) < 4.78 is 13.9. The van der Waals surface area contributed by atoms with Crippen molar-refractivity contribution in [1.29, 1.82) is 0 Å². The summed E-state index contributed by atoms with van der Waals surface area (Å²) in [5.74, 6) is 3.11. The minimum absolute atomic E-state index is 0.0916. The SMILES string of the molecule is COc1ccccc1C(=O)NCCCCCc1nc2ccccc2n1CCCCOc1cc(C)ccc1C(C)C. The van der Waals surface area contributed by atoms with Crippen molar-refractivity contribution in [3.05, 3.63) is 89.2 Å². The number of carbonyl (C=O) groups is 1. The number of rotatable bonds is 15. The molecule has 0 atom stereocenters. The number of nitrogens with zero attached hydrogens (tertiary/aromatic N) is 2. The van der Waals surface area contributed by atoms with E-state index < -0.39 is 0 Å². The monoisotopic (exact) mass is 541 g/mol. The summed E-state index contributed by atoms with van der Waals surface area (Å²) in [7, 11) is 1.58. The zero-order valence-corrected chi connectivity index (χ0v) is 24.4. The predicted octanol–water partition coefficient (Wildman–Crippen LogP) is 7.48. The Balaban J connectivity index is 1.24. The summed E-state index contributed by atoms with van der Waals surface area (Å²) in [6.07, 6.45) is 5.93. The second-order valence-electron chi connectivity index (χ2n) is 10.7. The predicted molar refractivity (Wildman–Crippen MR) is 163 cm³/mol. The zero-order valence-electron chi connectivity index (χ0n) is 24.4. The lowest BCUT2D eigenvalue weighted by Gasteiger charge is -2.15. The van der Waals surface area contributed by atoms with Gasteiger partial charge in [-0.2, -0.15) is 0 Å². The van der Waals surface area contributed by atoms with Crippen molar-refractivity contribution in [1.82, 2.24) is 14.9 Å². The Morgan fingerprint density at radius 2 is 1.73 bits per heavy atom. The Hall–Kier alpha value is -3.80. The fourth-order valence-corrected chi connectivity index (χ4v) is 5.08. The Bertz CT molecular complexity index is 1390. The van der Waals surface area contributed by atoms with E-state index in [1.165, 1.54) is 16.6 Å². The summed E-state index contributed by atoms with van der Waals surface area (Å²) in [6, 6.07) is 22.2. The van der Waals surface area contributed by atoms with Gasteiger partial charge in [0.25, 0.3) is 5.91 Å². The van der Waals surface area contributed by atoms with Crippen LogP contribution >= 0.6 is 0 Å². The molecule has 0 saturated heterocycles. The maximum absolute atomic E-state index is 12.5. The second-order valence-corrected chi connectivity index (χ2v) is 10.7. The molecule has 4 aromatic rings. The van der Waals surface area contributed by atoms with E-state index >= 15 is 0 Å². The number of hydrogen-bond donors (Lipinski definition) is 1. The molecule has 1 N–H and O–H groups in total. The van der Waals surface area contributed by atoms with Crippen molar-refractivity contribution in [2.24, 2.45) is 0 Å². The number of benzene rings is 3. The maximum atomic E-state index is 12.5. The third-order valence-corrected chi connectivity index (χ3v) is 7.27. The highest BCUT2D eigenvalue weighted by atomic mass is 16.5. The summed E-state index contributed by atoms with van der Waals surface area (Å²) >= 11 is 0. The quantitative estimate of drug-likeness (QED) is 0.159. The summed E-state index contributed by atoms with van der Waals surface area (Å²) in [6.45, 7) is 8.82. The number of fused-ring (bicyclic) bond motifs is 1. The molecule has 212 valence electrons. The lowest BCUT2D eigenvalue weighted by molar-refractivity contribution is 0.0950. The summed E-state index contributed by atoms with van der Waals surface area (Å²) in [5.41, 5.74) is 5.33. The fourth-order valence-electron chi connectivity index (χ4n) is 5.08. The average Bonchev–Trinajstić information content (AvgIpc) is 3.31. The van der Waals surface area contributed by atoms with Gasteiger partial charge in [-0.1, -0.05) is 56.7 Å². The van der Waals surface area contributed by atoms with Crippen LogP contribution in [0.25, 0.3) is 11.0 Å². The Labute approximate surface area is 238 Å². The summed E-state index contributed by atoms with van der Waals surface area (Å²) in [4.78, 5) is 17.5. The number of amides is 1. The number of carbonyl (C=O) groups excluding carboxylic acids is 1. The molecule has 0 radical (unpaired) electrons. The normalized spacial score (nSPS) is 11.2. The molecule has 1 heterocycles. The smallest absolute Gasteiger partial charge is 0.255 e. The van der Waals surface area contributed by atoms with Crippen molar-refractivity contribution >= 4 is 16.9 Å². The molecule has 6 heteroatoms. The van der Waals surface area contributed by atoms with Crippen LogP contribution < -0.4 is 14.8 Å². The molecule has 0 spiro atoms. The molecule has 0 fully saturated rings. The van der Waals surface area contributed by atoms with Crippen LogP contribution in [-0.2, 0) is 13.0 Å². The number of aryl methyl sites for hydroxylation is 3. The number of para-hydroxylation sites is 3. The van der Waals surface area contributed by atoms with Gasteiger partial charge in [0, 0.05) is 19.5 Å². The first-order valence-corrected chi connectivity index (χ1v) is 14.6. The van der Waals surface area contributed by atoms with Gasteiger partial charge < -0.3 is 19.4 Å². The van der Waals surface area contributed by atoms with Crippen molar-refractivity contribution in [3.63, 3.8) is 0 Å². The number of methoxy groups -OCH3 is 1. The van der Waals surface area contributed by atoms with Crippen LogP contribution in [0.1, 0.15) is 79.2 Å². The van der Waals surface area contributed by atoms with Crippen LogP contribution in [0.15, 0.2) is 66.7 Å². The topological polar surface area (TPSA) is 65.4 Å². The lowest BCUT2D eigenvalue weighted by atomic mass is 10.0. The van der Waals surface area contributed by atoms with Crippen molar-refractivity contribution in [3.8, 4) is 11.5 Å². The molecule has 0 unspecified atom stereocenters. The first-order valence-electron chi connectivity index (χ1n) is 14.6. The van der Waals surface area contributed by atoms with Gasteiger partial charge in [-0.3, -0.25) is 4.79 Å². The largest absolute Gasteiger partial charge is 0.496 e. The van der Waals surface area contributed by atoms with Crippen LogP contribution in [0.2, 0.25) is 0 Å². The van der Waals surface area contributed by atoms with E-state index in [9.17, 15) is 4.79 Å². The maximum Gasteiger partial charge on any atom is 0.255 e. The number of aromatic nitrogens is 2. The van der Waals surface area contributed by atoms with Gasteiger partial charge in [0.05, 0.1) is 30.3 Å². The van der Waals surface area contributed by atoms with Crippen LogP contribution in [0.3, 0.4) is 0 Å². The Morgan fingerprint density at radius 1 is 0.925 bits per heavy atom. The van der Waals surface area contributed by atoms with E-state index in [1.807, 2.05) is 12.1 Å². The molecular weight excluding hydrogens is 498 g/mol. The number of unbranched alkanes of at least 4 members (excludes halogenated alkanes) is 3. The van der Waals surface area contributed by atoms with Gasteiger partial charge in [0.1, 0.15) is 17.3 Å². The molecular formula is C34H43N3O3. The van der Waals surface area contributed by atoms with Crippen molar-refractivity contribution < 1.29 is 14.3 Å². The molecule has 40 heavy (non-hydrogen) atoms. The van der Waals surface area contributed by atoms with E-state index in [1.54, 1.807) is 19.2 Å². The molecule has 3 aromatic carbocycles. The van der Waals surface area contributed by atoms with Gasteiger partial charge in [-0.25, -0.2) is 4.98 Å². The van der Waals surface area contributed by atoms with E-state index in [-0.39, 0.29) is 5.91 Å². The third-order valence-electron chi connectivity index (χ3n) is 7.27. The average molecular weight is 542 g/mol. The minimum Gasteiger partial charge on any atom is -0.496 e. The van der Waals surface area contributed by atoms with Gasteiger partial charge in [0.2, 0.25) is 0 Å². The standard InChI is InChI=1S/C34H43N3O3/c1-25(2)27-20-19-26(3)24-32(27)40-23-13-12-22-37-30-16-9-8-15-29(30)36-33(37)18-6-5-11-21-35-34(38)28-14-7-10-17-31(28)39-4/h7-10,14-17,19-20,24-25H,5-6,11-13,18,21-23H2,1-4H3,(H,35,38). The molecule has 1 aromatic heterocycles. The zero-order chi connectivity index (χ0) is 28.3. The van der Waals surface area contributed by atoms with Gasteiger partial charge in [0.15, 0.2) is 0 Å².